The predicted octanol–water partition coefficient (Wildman–Crippen LogP) is 2.30. The summed E-state index contributed by atoms with van der Waals surface area (Å²) in [5, 5.41) is 8.16. The molecule has 3 atom stereocenters. The van der Waals surface area contributed by atoms with Gasteiger partial charge in [0.25, 0.3) is 0 Å². The van der Waals surface area contributed by atoms with Crippen LogP contribution in [0.15, 0.2) is 6.33 Å². The van der Waals surface area contributed by atoms with Crippen LogP contribution in [0.2, 0.25) is 0 Å². The Morgan fingerprint density at radius 1 is 1.45 bits per heavy atom. The van der Waals surface area contributed by atoms with Gasteiger partial charge in [-0.3, -0.25) is 0 Å². The summed E-state index contributed by atoms with van der Waals surface area (Å²) in [6.07, 6.45) is 7.87. The fourth-order valence-electron chi connectivity index (χ4n) is 4.20. The lowest BCUT2D eigenvalue weighted by atomic mass is 9.58. The van der Waals surface area contributed by atoms with Crippen LogP contribution in [-0.4, -0.2) is 34.0 Å². The van der Waals surface area contributed by atoms with Crippen molar-refractivity contribution in [2.24, 2.45) is 5.41 Å². The van der Waals surface area contributed by atoms with E-state index in [1.54, 1.807) is 6.33 Å². The van der Waals surface area contributed by atoms with Gasteiger partial charge in [0.1, 0.15) is 12.2 Å². The quantitative estimate of drug-likeness (QED) is 0.898. The molecule has 2 heterocycles. The van der Waals surface area contributed by atoms with Gasteiger partial charge in [0.05, 0.1) is 12.1 Å². The minimum Gasteiger partial charge on any atom is -0.381 e. The second-order valence-electron chi connectivity index (χ2n) is 6.16. The summed E-state index contributed by atoms with van der Waals surface area (Å²) in [4.78, 5) is 4.45. The van der Waals surface area contributed by atoms with Gasteiger partial charge < -0.3 is 10.1 Å². The topological polar surface area (TPSA) is 52.0 Å². The van der Waals surface area contributed by atoms with E-state index >= 15 is 0 Å². The SMILES string of the molecule is CCC1(CC)[C@H](N[C@@H]2CCCn3ncnc32)C[C@H]1OC. The summed E-state index contributed by atoms with van der Waals surface area (Å²) in [5.74, 6) is 1.11. The van der Waals surface area contributed by atoms with Gasteiger partial charge in [-0.25, -0.2) is 9.67 Å². The first-order chi connectivity index (χ1) is 9.75. The van der Waals surface area contributed by atoms with E-state index in [1.165, 1.54) is 19.3 Å². The average Bonchev–Trinajstić information content (AvgIpc) is 2.93. The maximum atomic E-state index is 5.68. The summed E-state index contributed by atoms with van der Waals surface area (Å²) < 4.78 is 7.73. The Bertz CT molecular complexity index is 454. The van der Waals surface area contributed by atoms with E-state index < -0.39 is 0 Å². The van der Waals surface area contributed by atoms with Gasteiger partial charge in [-0.05, 0) is 32.1 Å². The van der Waals surface area contributed by atoms with Gasteiger partial charge in [-0.2, -0.15) is 5.10 Å². The molecule has 0 saturated heterocycles. The minimum atomic E-state index is 0.289. The van der Waals surface area contributed by atoms with Crippen molar-refractivity contribution in [1.82, 2.24) is 20.1 Å². The number of ether oxygens (including phenoxy) is 1. The first kappa shape index (κ1) is 14.0. The van der Waals surface area contributed by atoms with Crippen molar-refractivity contribution in [3.63, 3.8) is 0 Å². The third-order valence-corrected chi connectivity index (χ3v) is 5.61. The normalized spacial score (nSPS) is 31.6. The minimum absolute atomic E-state index is 0.289. The lowest BCUT2D eigenvalue weighted by Crippen LogP contribution is -2.63. The van der Waals surface area contributed by atoms with Crippen molar-refractivity contribution < 1.29 is 4.74 Å². The summed E-state index contributed by atoms with van der Waals surface area (Å²) in [5.41, 5.74) is 0.289. The molecule has 0 amide bonds. The van der Waals surface area contributed by atoms with E-state index in [0.717, 1.165) is 25.2 Å². The average molecular weight is 278 g/mol. The number of aryl methyl sites for hydroxylation is 1. The van der Waals surface area contributed by atoms with Crippen molar-refractivity contribution >= 4 is 0 Å². The Morgan fingerprint density at radius 2 is 2.25 bits per heavy atom. The van der Waals surface area contributed by atoms with Gasteiger partial charge in [-0.1, -0.05) is 13.8 Å². The highest BCUT2D eigenvalue weighted by Crippen LogP contribution is 2.49. The van der Waals surface area contributed by atoms with Crippen LogP contribution >= 0.6 is 0 Å². The predicted molar refractivity (Wildman–Crippen MR) is 77.3 cm³/mol. The van der Waals surface area contributed by atoms with Crippen LogP contribution in [0.5, 0.6) is 0 Å². The van der Waals surface area contributed by atoms with Gasteiger partial charge in [0.15, 0.2) is 0 Å². The Kier molecular flexibility index (Phi) is 3.82. The number of hydrogen-bond acceptors (Lipinski definition) is 4. The second kappa shape index (κ2) is 5.45. The Morgan fingerprint density at radius 3 is 2.95 bits per heavy atom. The second-order valence-corrected chi connectivity index (χ2v) is 6.16. The molecule has 0 unspecified atom stereocenters. The monoisotopic (exact) mass is 278 g/mol. The number of nitrogens with zero attached hydrogens (tertiary/aromatic N) is 3. The number of methoxy groups -OCH3 is 1. The van der Waals surface area contributed by atoms with Crippen molar-refractivity contribution in [3.8, 4) is 0 Å². The molecule has 0 bridgehead atoms. The molecule has 1 N–H and O–H groups in total. The molecule has 5 heteroatoms. The molecule has 1 aromatic rings. The standard InChI is InChI=1S/C15H26N4O/c1-4-15(5-2)12(9-13(15)20-3)18-11-7-6-8-19-14(11)16-10-17-19/h10-13,18H,4-9H2,1-3H3/t11-,12-,13-/m1/s1. The van der Waals surface area contributed by atoms with E-state index in [-0.39, 0.29) is 5.41 Å². The van der Waals surface area contributed by atoms with Crippen LogP contribution in [0.4, 0.5) is 0 Å². The number of fused-ring (bicyclic) bond motifs is 1. The Hall–Kier alpha value is -0.940. The number of aromatic nitrogens is 3. The first-order valence-electron chi connectivity index (χ1n) is 7.91. The lowest BCUT2D eigenvalue weighted by molar-refractivity contribution is -0.127. The highest BCUT2D eigenvalue weighted by molar-refractivity contribution is 5.09. The first-order valence-corrected chi connectivity index (χ1v) is 7.91. The highest BCUT2D eigenvalue weighted by Gasteiger charge is 2.53. The third kappa shape index (κ3) is 1.99. The zero-order chi connectivity index (χ0) is 14.2. The maximum absolute atomic E-state index is 5.68. The van der Waals surface area contributed by atoms with Crippen molar-refractivity contribution in [1.29, 1.82) is 0 Å². The van der Waals surface area contributed by atoms with Gasteiger partial charge >= 0.3 is 0 Å². The molecule has 1 saturated carbocycles. The van der Waals surface area contributed by atoms with E-state index in [9.17, 15) is 0 Å². The largest absolute Gasteiger partial charge is 0.381 e. The van der Waals surface area contributed by atoms with Gasteiger partial charge in [0, 0.05) is 25.1 Å². The zero-order valence-corrected chi connectivity index (χ0v) is 12.8. The number of hydrogen-bond donors (Lipinski definition) is 1. The molecule has 3 rings (SSSR count). The molecular formula is C15H26N4O. The molecule has 0 radical (unpaired) electrons. The molecule has 112 valence electrons. The smallest absolute Gasteiger partial charge is 0.143 e. The van der Waals surface area contributed by atoms with E-state index in [2.05, 4.69) is 29.2 Å². The van der Waals surface area contributed by atoms with E-state index in [0.29, 0.717) is 18.2 Å². The lowest BCUT2D eigenvalue weighted by Gasteiger charge is -2.56. The fourth-order valence-corrected chi connectivity index (χ4v) is 4.20. The molecule has 1 fully saturated rings. The van der Waals surface area contributed by atoms with Crippen LogP contribution in [-0.2, 0) is 11.3 Å². The molecule has 0 aromatic carbocycles. The van der Waals surface area contributed by atoms with Crippen LogP contribution in [0, 0.1) is 5.41 Å². The molecule has 5 nitrogen and oxygen atoms in total. The maximum Gasteiger partial charge on any atom is 0.143 e. The summed E-state index contributed by atoms with van der Waals surface area (Å²) in [6, 6.07) is 0.891. The van der Waals surface area contributed by atoms with Crippen molar-refractivity contribution in [2.45, 2.75) is 70.7 Å². The summed E-state index contributed by atoms with van der Waals surface area (Å²) in [7, 11) is 1.85. The van der Waals surface area contributed by atoms with Crippen LogP contribution < -0.4 is 5.32 Å². The fraction of sp³-hybridized carbons (Fsp3) is 0.867. The third-order valence-electron chi connectivity index (χ3n) is 5.61. The molecular weight excluding hydrogens is 252 g/mol. The Balaban J connectivity index is 1.73. The molecule has 2 aliphatic rings. The number of rotatable bonds is 5. The summed E-state index contributed by atoms with van der Waals surface area (Å²) >= 11 is 0. The molecule has 1 aliphatic carbocycles. The van der Waals surface area contributed by atoms with Crippen LogP contribution in [0.3, 0.4) is 0 Å². The van der Waals surface area contributed by atoms with Gasteiger partial charge in [0.2, 0.25) is 0 Å². The molecule has 20 heavy (non-hydrogen) atoms. The van der Waals surface area contributed by atoms with E-state index in [4.69, 9.17) is 4.74 Å². The van der Waals surface area contributed by atoms with Crippen LogP contribution in [0.1, 0.15) is 57.8 Å². The Labute approximate surface area is 121 Å². The molecule has 1 aromatic heterocycles. The highest BCUT2D eigenvalue weighted by atomic mass is 16.5. The number of nitrogens with one attached hydrogen (secondary N) is 1. The molecule has 1 aliphatic heterocycles. The van der Waals surface area contributed by atoms with Crippen molar-refractivity contribution in [3.05, 3.63) is 12.2 Å². The van der Waals surface area contributed by atoms with Gasteiger partial charge in [-0.15, -0.1) is 0 Å². The van der Waals surface area contributed by atoms with Crippen LogP contribution in [0.25, 0.3) is 0 Å². The summed E-state index contributed by atoms with van der Waals surface area (Å²) in [6.45, 7) is 5.57. The zero-order valence-electron chi connectivity index (χ0n) is 12.8. The van der Waals surface area contributed by atoms with E-state index in [1.807, 2.05) is 11.8 Å². The molecule has 0 spiro atoms. The van der Waals surface area contributed by atoms with Crippen molar-refractivity contribution in [2.75, 3.05) is 7.11 Å².